The highest BCUT2D eigenvalue weighted by molar-refractivity contribution is 7.80. The minimum Gasteiger partial charge on any atom is -0.497 e. The molecule has 2 aromatic rings. The van der Waals surface area contributed by atoms with Gasteiger partial charge in [0.05, 0.1) is 27.8 Å². The van der Waals surface area contributed by atoms with Gasteiger partial charge < -0.3 is 14.5 Å². The number of ether oxygens (including phenoxy) is 1. The van der Waals surface area contributed by atoms with Crippen LogP contribution < -0.4 is 9.64 Å². The molecule has 0 N–H and O–H groups in total. The lowest BCUT2D eigenvalue weighted by molar-refractivity contribution is 0.386. The van der Waals surface area contributed by atoms with E-state index in [1.807, 2.05) is 30.3 Å². The number of aromatic nitrogens is 1. The number of rotatable bonds is 4. The summed E-state index contributed by atoms with van der Waals surface area (Å²) in [4.78, 5) is 9.82. The normalized spacial score (nSPS) is 14.5. The third kappa shape index (κ3) is 4.54. The molecule has 0 amide bonds. The zero-order chi connectivity index (χ0) is 17.8. The highest BCUT2D eigenvalue weighted by Crippen LogP contribution is 2.27. The Bertz CT molecular complexity index is 764. The van der Waals surface area contributed by atoms with Crippen LogP contribution in [0.5, 0.6) is 5.75 Å². The lowest BCUT2D eigenvalue weighted by Crippen LogP contribution is -2.48. The van der Waals surface area contributed by atoms with E-state index in [9.17, 15) is 0 Å². The van der Waals surface area contributed by atoms with E-state index in [-0.39, 0.29) is 0 Å². The standard InChI is InChI=1S/C18H19Cl2N3OS/c1-24-15-4-5-21-13(10-15)11-18(25)23-8-6-22(7-9-23)14-2-3-16(19)17(20)12-14/h2-5,10,12H,6-9,11H2,1H3. The predicted octanol–water partition coefficient (Wildman–Crippen LogP) is 4.09. The van der Waals surface area contributed by atoms with Crippen LogP contribution in [0.4, 0.5) is 5.69 Å². The first-order valence-electron chi connectivity index (χ1n) is 8.03. The Kier molecular flexibility index (Phi) is 5.99. The third-order valence-electron chi connectivity index (χ3n) is 4.26. The number of hydrogen-bond donors (Lipinski definition) is 0. The van der Waals surface area contributed by atoms with Crippen LogP contribution in [0.25, 0.3) is 0 Å². The van der Waals surface area contributed by atoms with Crippen LogP contribution in [0.3, 0.4) is 0 Å². The minimum absolute atomic E-state index is 0.580. The fourth-order valence-electron chi connectivity index (χ4n) is 2.84. The molecule has 1 aliphatic heterocycles. The second-order valence-corrected chi connectivity index (χ2v) is 7.12. The van der Waals surface area contributed by atoms with Crippen molar-refractivity contribution in [2.75, 3.05) is 38.2 Å². The number of benzene rings is 1. The number of anilines is 1. The predicted molar refractivity (Wildman–Crippen MR) is 107 cm³/mol. The van der Waals surface area contributed by atoms with Crippen LogP contribution in [0.15, 0.2) is 36.5 Å². The Morgan fingerprint density at radius 2 is 1.88 bits per heavy atom. The smallest absolute Gasteiger partial charge is 0.122 e. The van der Waals surface area contributed by atoms with Crippen molar-refractivity contribution in [1.82, 2.24) is 9.88 Å². The fourth-order valence-corrected chi connectivity index (χ4v) is 3.47. The summed E-state index contributed by atoms with van der Waals surface area (Å²) in [7, 11) is 1.65. The van der Waals surface area contributed by atoms with E-state index >= 15 is 0 Å². The molecule has 1 fully saturated rings. The second-order valence-electron chi connectivity index (χ2n) is 5.83. The van der Waals surface area contributed by atoms with Gasteiger partial charge in [-0.05, 0) is 24.3 Å². The summed E-state index contributed by atoms with van der Waals surface area (Å²) in [6.45, 7) is 3.54. The summed E-state index contributed by atoms with van der Waals surface area (Å²) >= 11 is 17.7. The highest BCUT2D eigenvalue weighted by atomic mass is 35.5. The molecule has 1 saturated heterocycles. The Hall–Kier alpha value is -1.56. The molecule has 7 heteroatoms. The van der Waals surface area contributed by atoms with E-state index in [2.05, 4.69) is 14.8 Å². The largest absolute Gasteiger partial charge is 0.497 e. The molecule has 1 aromatic carbocycles. The molecule has 0 unspecified atom stereocenters. The van der Waals surface area contributed by atoms with Crippen LogP contribution in [0, 0.1) is 0 Å². The van der Waals surface area contributed by atoms with Gasteiger partial charge in [-0.1, -0.05) is 35.4 Å². The molecule has 1 aliphatic rings. The van der Waals surface area contributed by atoms with Gasteiger partial charge >= 0.3 is 0 Å². The first-order chi connectivity index (χ1) is 12.1. The number of pyridine rings is 1. The number of hydrogen-bond acceptors (Lipinski definition) is 4. The Labute approximate surface area is 163 Å². The van der Waals surface area contributed by atoms with Gasteiger partial charge in [0.15, 0.2) is 0 Å². The van der Waals surface area contributed by atoms with Gasteiger partial charge in [0.2, 0.25) is 0 Å². The second kappa shape index (κ2) is 8.21. The number of piperazine rings is 1. The topological polar surface area (TPSA) is 28.6 Å². The van der Waals surface area contributed by atoms with E-state index < -0.39 is 0 Å². The molecule has 0 aliphatic carbocycles. The molecule has 4 nitrogen and oxygen atoms in total. The molecule has 25 heavy (non-hydrogen) atoms. The summed E-state index contributed by atoms with van der Waals surface area (Å²) in [5, 5.41) is 1.16. The minimum atomic E-state index is 0.580. The fraction of sp³-hybridized carbons (Fsp3) is 0.333. The maximum Gasteiger partial charge on any atom is 0.122 e. The SMILES string of the molecule is COc1ccnc(CC(=S)N2CCN(c3ccc(Cl)c(Cl)c3)CC2)c1. The number of thiocarbonyl (C=S) groups is 1. The zero-order valence-electron chi connectivity index (χ0n) is 13.9. The van der Waals surface area contributed by atoms with E-state index in [1.165, 1.54) is 0 Å². The van der Waals surface area contributed by atoms with Gasteiger partial charge in [-0.2, -0.15) is 0 Å². The van der Waals surface area contributed by atoms with Crippen LogP contribution in [0.2, 0.25) is 10.0 Å². The molecule has 1 aromatic heterocycles. The van der Waals surface area contributed by atoms with Crippen molar-refractivity contribution in [3.8, 4) is 5.75 Å². The lowest BCUT2D eigenvalue weighted by Gasteiger charge is -2.37. The maximum absolute atomic E-state index is 6.12. The van der Waals surface area contributed by atoms with Crippen molar-refractivity contribution in [2.45, 2.75) is 6.42 Å². The Balaban J connectivity index is 1.57. The molecule has 0 radical (unpaired) electrons. The van der Waals surface area contributed by atoms with E-state index in [1.54, 1.807) is 13.3 Å². The van der Waals surface area contributed by atoms with Gasteiger partial charge in [-0.3, -0.25) is 4.98 Å². The van der Waals surface area contributed by atoms with Gasteiger partial charge in [-0.15, -0.1) is 0 Å². The molecular formula is C18H19Cl2N3OS. The summed E-state index contributed by atoms with van der Waals surface area (Å²) in [5.74, 6) is 0.803. The van der Waals surface area contributed by atoms with Gasteiger partial charge in [0.1, 0.15) is 5.75 Å². The third-order valence-corrected chi connectivity index (χ3v) is 5.40. The van der Waals surface area contributed by atoms with Gasteiger partial charge in [-0.25, -0.2) is 0 Å². The first kappa shape index (κ1) is 18.2. The van der Waals surface area contributed by atoms with Crippen molar-refractivity contribution in [3.05, 3.63) is 52.3 Å². The van der Waals surface area contributed by atoms with Crippen molar-refractivity contribution >= 4 is 46.1 Å². The molecular weight excluding hydrogens is 377 g/mol. The highest BCUT2D eigenvalue weighted by Gasteiger charge is 2.20. The van der Waals surface area contributed by atoms with Crippen molar-refractivity contribution in [3.63, 3.8) is 0 Å². The molecule has 3 rings (SSSR count). The molecule has 0 atom stereocenters. The average molecular weight is 396 g/mol. The van der Waals surface area contributed by atoms with Crippen LogP contribution in [0.1, 0.15) is 5.69 Å². The number of halogens is 2. The van der Waals surface area contributed by atoms with Crippen LogP contribution in [-0.2, 0) is 6.42 Å². The molecule has 2 heterocycles. The summed E-state index contributed by atoms with van der Waals surface area (Å²) < 4.78 is 5.24. The maximum atomic E-state index is 6.12. The first-order valence-corrected chi connectivity index (χ1v) is 9.20. The lowest BCUT2D eigenvalue weighted by atomic mass is 10.2. The molecule has 0 bridgehead atoms. The summed E-state index contributed by atoms with van der Waals surface area (Å²) in [6.07, 6.45) is 2.40. The van der Waals surface area contributed by atoms with Gasteiger partial charge in [0.25, 0.3) is 0 Å². The summed E-state index contributed by atoms with van der Waals surface area (Å²) in [5.41, 5.74) is 2.02. The molecule has 132 valence electrons. The van der Waals surface area contributed by atoms with Gasteiger partial charge in [0, 0.05) is 50.6 Å². The molecule has 0 saturated carbocycles. The van der Waals surface area contributed by atoms with Crippen molar-refractivity contribution in [2.24, 2.45) is 0 Å². The van der Waals surface area contributed by atoms with Crippen molar-refractivity contribution < 1.29 is 4.74 Å². The monoisotopic (exact) mass is 395 g/mol. The molecule has 0 spiro atoms. The Morgan fingerprint density at radius 3 is 2.56 bits per heavy atom. The number of nitrogens with zero attached hydrogens (tertiary/aromatic N) is 3. The van der Waals surface area contributed by atoms with E-state index in [4.69, 9.17) is 40.2 Å². The van der Waals surface area contributed by atoms with Crippen LogP contribution in [-0.4, -0.2) is 48.2 Å². The average Bonchev–Trinajstić information content (AvgIpc) is 2.64. The van der Waals surface area contributed by atoms with E-state index in [0.29, 0.717) is 16.5 Å². The Morgan fingerprint density at radius 1 is 1.12 bits per heavy atom. The quantitative estimate of drug-likeness (QED) is 0.727. The van der Waals surface area contributed by atoms with Crippen molar-refractivity contribution in [1.29, 1.82) is 0 Å². The van der Waals surface area contributed by atoms with Crippen LogP contribution >= 0.6 is 35.4 Å². The summed E-state index contributed by atoms with van der Waals surface area (Å²) in [6, 6.07) is 9.52. The van der Waals surface area contributed by atoms with E-state index in [0.717, 1.165) is 48.3 Å². The number of methoxy groups -OCH3 is 1. The zero-order valence-corrected chi connectivity index (χ0v) is 16.2.